The van der Waals surface area contributed by atoms with Crippen LogP contribution in [0.1, 0.15) is 5.82 Å². The van der Waals surface area contributed by atoms with Crippen molar-refractivity contribution in [3.63, 3.8) is 0 Å². The number of tetrazole rings is 1. The zero-order chi connectivity index (χ0) is 16.8. The molecule has 0 amide bonds. The second kappa shape index (κ2) is 7.02. The summed E-state index contributed by atoms with van der Waals surface area (Å²) < 4.78 is 5.15. The SMILES string of the molecule is COc1cccc(-c2cccc(NC=C(C#N)c3nn[nH]n3)c2)n1. The first kappa shape index (κ1) is 15.2. The van der Waals surface area contributed by atoms with Gasteiger partial charge in [0.2, 0.25) is 11.7 Å². The average molecular weight is 319 g/mol. The Balaban J connectivity index is 1.84. The molecule has 0 atom stereocenters. The molecule has 0 aliphatic carbocycles. The van der Waals surface area contributed by atoms with Gasteiger partial charge in [0.1, 0.15) is 11.6 Å². The van der Waals surface area contributed by atoms with Gasteiger partial charge in [-0.25, -0.2) is 4.98 Å². The minimum atomic E-state index is 0.232. The van der Waals surface area contributed by atoms with Crippen molar-refractivity contribution < 1.29 is 4.74 Å². The van der Waals surface area contributed by atoms with Crippen LogP contribution in [0.5, 0.6) is 5.88 Å². The lowest BCUT2D eigenvalue weighted by Gasteiger charge is -2.06. The molecule has 0 saturated carbocycles. The summed E-state index contributed by atoms with van der Waals surface area (Å²) in [6, 6.07) is 15.2. The fourth-order valence-electron chi connectivity index (χ4n) is 2.04. The van der Waals surface area contributed by atoms with Crippen LogP contribution in [0, 0.1) is 11.3 Å². The fraction of sp³-hybridized carbons (Fsp3) is 0.0625. The lowest BCUT2D eigenvalue weighted by atomic mass is 10.1. The largest absolute Gasteiger partial charge is 0.481 e. The molecular weight excluding hydrogens is 306 g/mol. The molecule has 2 N–H and O–H groups in total. The van der Waals surface area contributed by atoms with Crippen molar-refractivity contribution in [1.82, 2.24) is 25.6 Å². The molecule has 8 nitrogen and oxygen atoms in total. The second-order valence-electron chi connectivity index (χ2n) is 4.70. The van der Waals surface area contributed by atoms with E-state index in [1.54, 1.807) is 13.2 Å². The molecule has 0 aliphatic heterocycles. The van der Waals surface area contributed by atoms with Gasteiger partial charge in [0.15, 0.2) is 0 Å². The smallest absolute Gasteiger partial charge is 0.216 e. The summed E-state index contributed by atoms with van der Waals surface area (Å²) in [7, 11) is 1.58. The number of hydrogen-bond acceptors (Lipinski definition) is 7. The molecule has 3 rings (SSSR count). The standard InChI is InChI=1S/C16H13N7O/c1-24-15-7-3-6-14(19-15)11-4-2-5-13(8-11)18-10-12(9-17)16-20-22-23-21-16/h2-8,10,18H,1H3,(H,20,21,22,23). The highest BCUT2D eigenvalue weighted by Gasteiger charge is 2.06. The van der Waals surface area contributed by atoms with Gasteiger partial charge in [-0.3, -0.25) is 0 Å². The third-order valence-electron chi connectivity index (χ3n) is 3.18. The van der Waals surface area contributed by atoms with Crippen molar-refractivity contribution in [2.75, 3.05) is 12.4 Å². The van der Waals surface area contributed by atoms with E-state index in [1.165, 1.54) is 6.20 Å². The molecule has 1 aromatic carbocycles. The number of pyridine rings is 1. The van der Waals surface area contributed by atoms with Gasteiger partial charge in [-0.15, -0.1) is 10.2 Å². The Morgan fingerprint density at radius 3 is 2.92 bits per heavy atom. The summed E-state index contributed by atoms with van der Waals surface area (Å²) in [5.41, 5.74) is 2.79. The predicted octanol–water partition coefficient (Wildman–Crippen LogP) is 2.25. The molecule has 0 spiro atoms. The summed E-state index contributed by atoms with van der Waals surface area (Å²) in [5.74, 6) is 0.783. The number of H-pyrrole nitrogens is 1. The number of allylic oxidation sites excluding steroid dienone is 1. The number of hydrogen-bond donors (Lipinski definition) is 2. The Hall–Kier alpha value is -3.73. The normalized spacial score (nSPS) is 10.9. The van der Waals surface area contributed by atoms with Gasteiger partial charge >= 0.3 is 0 Å². The number of ether oxygens (including phenoxy) is 1. The maximum atomic E-state index is 9.16. The average Bonchev–Trinajstić information content (AvgIpc) is 3.17. The Morgan fingerprint density at radius 1 is 1.29 bits per heavy atom. The molecule has 3 aromatic rings. The Kier molecular flexibility index (Phi) is 4.44. The van der Waals surface area contributed by atoms with Crippen LogP contribution >= 0.6 is 0 Å². The number of aromatic amines is 1. The van der Waals surface area contributed by atoms with Gasteiger partial charge in [-0.2, -0.15) is 10.5 Å². The van der Waals surface area contributed by atoms with Crippen LogP contribution in [0.2, 0.25) is 0 Å². The highest BCUT2D eigenvalue weighted by atomic mass is 16.5. The molecule has 118 valence electrons. The van der Waals surface area contributed by atoms with Gasteiger partial charge in [0.25, 0.3) is 0 Å². The molecule has 2 aromatic heterocycles. The molecular formula is C16H13N7O. The molecule has 0 radical (unpaired) electrons. The van der Waals surface area contributed by atoms with Crippen molar-refractivity contribution >= 4 is 11.3 Å². The molecule has 8 heteroatoms. The molecule has 0 saturated heterocycles. The fourth-order valence-corrected chi connectivity index (χ4v) is 2.04. The minimum absolute atomic E-state index is 0.232. The Bertz CT molecular complexity index is 897. The first-order valence-electron chi connectivity index (χ1n) is 7.02. The van der Waals surface area contributed by atoms with Crippen LogP contribution in [0.3, 0.4) is 0 Å². The van der Waals surface area contributed by atoms with Gasteiger partial charge in [0, 0.05) is 23.5 Å². The Morgan fingerprint density at radius 2 is 2.17 bits per heavy atom. The van der Waals surface area contributed by atoms with Crippen molar-refractivity contribution in [2.24, 2.45) is 0 Å². The topological polar surface area (TPSA) is 112 Å². The first-order valence-corrected chi connectivity index (χ1v) is 7.02. The zero-order valence-corrected chi connectivity index (χ0v) is 12.8. The summed E-state index contributed by atoms with van der Waals surface area (Å²) in [5, 5.41) is 25.5. The van der Waals surface area contributed by atoms with E-state index < -0.39 is 0 Å². The molecule has 0 aliphatic rings. The maximum Gasteiger partial charge on any atom is 0.216 e. The number of nitrogens with zero attached hydrogens (tertiary/aromatic N) is 5. The lowest BCUT2D eigenvalue weighted by molar-refractivity contribution is 0.398. The quantitative estimate of drug-likeness (QED) is 0.693. The summed E-state index contributed by atoms with van der Waals surface area (Å²) in [6.45, 7) is 0. The highest BCUT2D eigenvalue weighted by molar-refractivity contribution is 5.75. The maximum absolute atomic E-state index is 9.16. The van der Waals surface area contributed by atoms with Crippen LogP contribution in [0.25, 0.3) is 16.8 Å². The van der Waals surface area contributed by atoms with E-state index in [1.807, 2.05) is 42.5 Å². The zero-order valence-electron chi connectivity index (χ0n) is 12.8. The van der Waals surface area contributed by atoms with E-state index in [0.29, 0.717) is 5.88 Å². The van der Waals surface area contributed by atoms with Gasteiger partial charge in [-0.05, 0) is 23.4 Å². The lowest BCUT2D eigenvalue weighted by Crippen LogP contribution is -1.94. The van der Waals surface area contributed by atoms with Crippen LogP contribution < -0.4 is 10.1 Å². The van der Waals surface area contributed by atoms with Crippen molar-refractivity contribution in [3.05, 3.63) is 54.5 Å². The van der Waals surface area contributed by atoms with Crippen LogP contribution in [0.15, 0.2) is 48.7 Å². The predicted molar refractivity (Wildman–Crippen MR) is 87.6 cm³/mol. The van der Waals surface area contributed by atoms with Gasteiger partial charge in [-0.1, -0.05) is 18.2 Å². The third kappa shape index (κ3) is 3.36. The summed E-state index contributed by atoms with van der Waals surface area (Å²) in [6.07, 6.45) is 1.53. The number of nitrogens with one attached hydrogen (secondary N) is 2. The summed E-state index contributed by atoms with van der Waals surface area (Å²) >= 11 is 0. The first-order chi connectivity index (χ1) is 11.8. The molecule has 24 heavy (non-hydrogen) atoms. The van der Waals surface area contributed by atoms with Gasteiger partial charge < -0.3 is 10.1 Å². The Labute approximate surface area is 137 Å². The summed E-state index contributed by atoms with van der Waals surface area (Å²) in [4.78, 5) is 4.40. The number of rotatable bonds is 5. The van der Waals surface area contributed by atoms with Crippen molar-refractivity contribution in [3.8, 4) is 23.2 Å². The van der Waals surface area contributed by atoms with E-state index in [2.05, 4.69) is 30.9 Å². The van der Waals surface area contributed by atoms with E-state index in [4.69, 9.17) is 10.00 Å². The van der Waals surface area contributed by atoms with Crippen molar-refractivity contribution in [2.45, 2.75) is 0 Å². The molecule has 0 bridgehead atoms. The molecule has 2 heterocycles. The van der Waals surface area contributed by atoms with Crippen LogP contribution in [-0.4, -0.2) is 32.7 Å². The number of nitriles is 1. The van der Waals surface area contributed by atoms with Crippen LogP contribution in [0.4, 0.5) is 5.69 Å². The molecule has 0 unspecified atom stereocenters. The molecule has 0 fully saturated rings. The van der Waals surface area contributed by atoms with Crippen LogP contribution in [-0.2, 0) is 0 Å². The number of anilines is 1. The van der Waals surface area contributed by atoms with Gasteiger partial charge in [0.05, 0.1) is 12.8 Å². The highest BCUT2D eigenvalue weighted by Crippen LogP contribution is 2.23. The number of aromatic nitrogens is 5. The third-order valence-corrected chi connectivity index (χ3v) is 3.18. The monoisotopic (exact) mass is 319 g/mol. The number of methoxy groups -OCH3 is 1. The van der Waals surface area contributed by atoms with E-state index >= 15 is 0 Å². The van der Waals surface area contributed by atoms with E-state index in [9.17, 15) is 0 Å². The van der Waals surface area contributed by atoms with E-state index in [0.717, 1.165) is 16.9 Å². The minimum Gasteiger partial charge on any atom is -0.481 e. The second-order valence-corrected chi connectivity index (χ2v) is 4.70. The number of benzene rings is 1. The van der Waals surface area contributed by atoms with Crippen molar-refractivity contribution in [1.29, 1.82) is 5.26 Å². The van der Waals surface area contributed by atoms with E-state index in [-0.39, 0.29) is 11.4 Å².